The minimum absolute atomic E-state index is 0.0876. The summed E-state index contributed by atoms with van der Waals surface area (Å²) in [6.07, 6.45) is 7.82. The number of carbonyl (C=O) groups is 4. The van der Waals surface area contributed by atoms with Crippen LogP contribution in [0, 0.1) is 11.8 Å². The molecule has 1 N–H and O–H groups in total. The Labute approximate surface area is 282 Å². The first-order valence-corrected chi connectivity index (χ1v) is 17.0. The average Bonchev–Trinajstić information content (AvgIpc) is 3.49. The van der Waals surface area contributed by atoms with Crippen LogP contribution < -0.4 is 0 Å². The summed E-state index contributed by atoms with van der Waals surface area (Å²) in [5.74, 6) is -3.64. The van der Waals surface area contributed by atoms with E-state index in [-0.39, 0.29) is 18.2 Å². The van der Waals surface area contributed by atoms with Gasteiger partial charge in [0, 0.05) is 26.6 Å². The van der Waals surface area contributed by atoms with Gasteiger partial charge >= 0.3 is 5.97 Å². The van der Waals surface area contributed by atoms with Crippen molar-refractivity contribution in [1.82, 2.24) is 14.7 Å². The van der Waals surface area contributed by atoms with E-state index >= 15 is 0 Å². The van der Waals surface area contributed by atoms with Gasteiger partial charge < -0.3 is 29.3 Å². The highest BCUT2D eigenvalue weighted by Crippen LogP contribution is 2.55. The first-order chi connectivity index (χ1) is 23.2. The fraction of sp³-hybridized carbons (Fsp3) is 0.474. The predicted molar refractivity (Wildman–Crippen MR) is 178 cm³/mol. The zero-order valence-corrected chi connectivity index (χ0v) is 27.8. The molecule has 4 aliphatic heterocycles. The zero-order chi connectivity index (χ0) is 34.0. The Morgan fingerprint density at radius 1 is 0.979 bits per heavy atom. The summed E-state index contributed by atoms with van der Waals surface area (Å²) in [5.41, 5.74) is -0.0991. The smallest absolute Gasteiger partial charge is 0.313 e. The molecule has 0 saturated carbocycles. The van der Waals surface area contributed by atoms with Gasteiger partial charge in [-0.1, -0.05) is 98.3 Å². The lowest BCUT2D eigenvalue weighted by atomic mass is 9.77. The first kappa shape index (κ1) is 33.6. The minimum Gasteiger partial charge on any atom is -0.455 e. The van der Waals surface area contributed by atoms with Crippen LogP contribution in [0.15, 0.2) is 85.0 Å². The molecule has 2 aromatic rings. The SMILES string of the molecule is CCCCN1CC=C[C@@]23O[C@H]4/C=C\CCC(=O)N(C)[C@@H](C)[C@H](c5ccccc5)OC(=O)[C@H]4[C@@H]2C(=O)N([C@H](CO)c2ccccc2)[C@H]3C1=O. The number of likely N-dealkylation sites (N-methyl/N-ethyl adjacent to an activating group) is 1. The van der Waals surface area contributed by atoms with Crippen molar-refractivity contribution in [3.8, 4) is 0 Å². The second-order valence-corrected chi connectivity index (χ2v) is 13.2. The Morgan fingerprint density at radius 3 is 2.38 bits per heavy atom. The molecule has 3 amide bonds. The van der Waals surface area contributed by atoms with Crippen LogP contribution in [0.25, 0.3) is 0 Å². The van der Waals surface area contributed by atoms with Gasteiger partial charge in [0.1, 0.15) is 23.7 Å². The highest BCUT2D eigenvalue weighted by molar-refractivity contribution is 5.99. The number of hydrogen-bond donors (Lipinski definition) is 1. The summed E-state index contributed by atoms with van der Waals surface area (Å²) in [4.78, 5) is 62.1. The van der Waals surface area contributed by atoms with Crippen molar-refractivity contribution in [2.24, 2.45) is 11.8 Å². The number of carbonyl (C=O) groups excluding carboxylic acids is 4. The normalized spacial score (nSPS) is 32.0. The molecule has 10 heteroatoms. The number of likely N-dealkylation sites (tertiary alicyclic amines) is 1. The van der Waals surface area contributed by atoms with Crippen LogP contribution in [-0.2, 0) is 28.7 Å². The number of cyclic esters (lactones) is 1. The Balaban J connectivity index is 1.48. The number of rotatable bonds is 7. The number of aliphatic hydroxyl groups is 1. The van der Waals surface area contributed by atoms with Crippen LogP contribution >= 0.6 is 0 Å². The number of aliphatic hydroxyl groups excluding tert-OH is 1. The second-order valence-electron chi connectivity index (χ2n) is 13.2. The third kappa shape index (κ3) is 5.85. The molecule has 0 bridgehead atoms. The van der Waals surface area contributed by atoms with E-state index in [4.69, 9.17) is 9.47 Å². The van der Waals surface area contributed by atoms with Crippen LogP contribution in [0.1, 0.15) is 62.8 Å². The molecule has 6 rings (SSSR count). The molecule has 0 aliphatic carbocycles. The Kier molecular flexibility index (Phi) is 9.85. The van der Waals surface area contributed by atoms with Gasteiger partial charge in [-0.3, -0.25) is 19.2 Å². The lowest BCUT2D eigenvalue weighted by Crippen LogP contribution is -2.56. The number of unbranched alkanes of at least 4 members (excludes halogenated alkanes) is 1. The number of amides is 3. The van der Waals surface area contributed by atoms with Crippen LogP contribution in [0.2, 0.25) is 0 Å². The van der Waals surface area contributed by atoms with Gasteiger partial charge in [-0.05, 0) is 30.9 Å². The van der Waals surface area contributed by atoms with Crippen molar-refractivity contribution in [1.29, 1.82) is 0 Å². The number of nitrogens with zero attached hydrogens (tertiary/aromatic N) is 3. The summed E-state index contributed by atoms with van der Waals surface area (Å²) in [5, 5.41) is 10.8. The predicted octanol–water partition coefficient (Wildman–Crippen LogP) is 3.98. The maximum atomic E-state index is 14.9. The molecule has 254 valence electrons. The van der Waals surface area contributed by atoms with Gasteiger partial charge in [0.25, 0.3) is 0 Å². The molecular weight excluding hydrogens is 610 g/mol. The zero-order valence-electron chi connectivity index (χ0n) is 27.8. The van der Waals surface area contributed by atoms with Gasteiger partial charge in [0.2, 0.25) is 17.7 Å². The average molecular weight is 656 g/mol. The van der Waals surface area contributed by atoms with E-state index in [9.17, 15) is 24.3 Å². The molecule has 8 atom stereocenters. The van der Waals surface area contributed by atoms with Crippen molar-refractivity contribution in [3.05, 3.63) is 96.1 Å². The van der Waals surface area contributed by atoms with E-state index in [0.29, 0.717) is 30.6 Å². The summed E-state index contributed by atoms with van der Waals surface area (Å²) in [6.45, 7) is 4.31. The largest absolute Gasteiger partial charge is 0.455 e. The Hall–Kier alpha value is -4.28. The fourth-order valence-corrected chi connectivity index (χ4v) is 7.79. The van der Waals surface area contributed by atoms with E-state index in [2.05, 4.69) is 6.92 Å². The van der Waals surface area contributed by atoms with Crippen molar-refractivity contribution in [3.63, 3.8) is 0 Å². The molecule has 1 spiro atoms. The van der Waals surface area contributed by atoms with E-state index in [0.717, 1.165) is 12.8 Å². The third-order valence-electron chi connectivity index (χ3n) is 10.4. The number of allylic oxidation sites excluding steroid dienone is 1. The molecular formula is C38H45N3O7. The molecule has 4 heterocycles. The highest BCUT2D eigenvalue weighted by atomic mass is 16.6. The first-order valence-electron chi connectivity index (χ1n) is 17.0. The summed E-state index contributed by atoms with van der Waals surface area (Å²) < 4.78 is 13.2. The van der Waals surface area contributed by atoms with E-state index in [1.165, 1.54) is 4.90 Å². The standard InChI is InChI=1S/C38H45N3O7/c1-4-5-22-40-23-14-21-38-32(35(44)41(34(38)36(40)45)28(24-42)26-15-8-6-9-16-26)31-29(48-38)19-12-13-20-30(43)39(3)25(2)33(47-37(31)46)27-17-10-7-11-18-27/h6-12,14-19,21,25,28-29,31-34,42H,4-5,13,20,22-24H2,1-3H3/b19-12-/t25-,28+,29-,31+,32+,33+,34-,38+/m0/s1. The molecule has 0 unspecified atom stereocenters. The second kappa shape index (κ2) is 14.1. The summed E-state index contributed by atoms with van der Waals surface area (Å²) >= 11 is 0. The summed E-state index contributed by atoms with van der Waals surface area (Å²) in [6, 6.07) is 15.9. The van der Waals surface area contributed by atoms with Crippen molar-refractivity contribution >= 4 is 23.7 Å². The van der Waals surface area contributed by atoms with Crippen molar-refractivity contribution < 1.29 is 33.8 Å². The number of fused-ring (bicyclic) bond motifs is 2. The number of benzene rings is 2. The lowest BCUT2D eigenvalue weighted by molar-refractivity contribution is -0.164. The van der Waals surface area contributed by atoms with Gasteiger partial charge in [0.05, 0.1) is 30.7 Å². The number of ether oxygens (including phenoxy) is 2. The Morgan fingerprint density at radius 2 is 1.69 bits per heavy atom. The van der Waals surface area contributed by atoms with Gasteiger partial charge in [0.15, 0.2) is 0 Å². The molecule has 0 aromatic heterocycles. The number of esters is 1. The molecule has 4 aliphatic rings. The van der Waals surface area contributed by atoms with Crippen molar-refractivity contribution in [2.75, 3.05) is 26.7 Å². The van der Waals surface area contributed by atoms with Gasteiger partial charge in [-0.25, -0.2) is 0 Å². The molecule has 2 fully saturated rings. The van der Waals surface area contributed by atoms with Crippen molar-refractivity contribution in [2.45, 2.75) is 75.5 Å². The maximum Gasteiger partial charge on any atom is 0.313 e. The number of hydrogen-bond acceptors (Lipinski definition) is 7. The van der Waals surface area contributed by atoms with E-state index in [1.807, 2.05) is 79.7 Å². The quantitative estimate of drug-likeness (QED) is 0.355. The van der Waals surface area contributed by atoms with Crippen LogP contribution in [0.4, 0.5) is 0 Å². The van der Waals surface area contributed by atoms with E-state index < -0.39 is 66.3 Å². The highest BCUT2D eigenvalue weighted by Gasteiger charge is 2.72. The molecule has 2 aromatic carbocycles. The molecule has 2 saturated heterocycles. The van der Waals surface area contributed by atoms with E-state index in [1.54, 1.807) is 29.0 Å². The molecule has 10 nitrogen and oxygen atoms in total. The molecule has 0 radical (unpaired) electrons. The maximum absolute atomic E-state index is 14.9. The van der Waals surface area contributed by atoms with Gasteiger partial charge in [-0.2, -0.15) is 0 Å². The van der Waals surface area contributed by atoms with Crippen LogP contribution in [0.5, 0.6) is 0 Å². The monoisotopic (exact) mass is 655 g/mol. The summed E-state index contributed by atoms with van der Waals surface area (Å²) in [7, 11) is 1.70. The lowest BCUT2D eigenvalue weighted by Gasteiger charge is -2.38. The third-order valence-corrected chi connectivity index (χ3v) is 10.4. The molecule has 48 heavy (non-hydrogen) atoms. The fourth-order valence-electron chi connectivity index (χ4n) is 7.79. The Bertz CT molecular complexity index is 1560. The topological polar surface area (TPSA) is 117 Å². The minimum atomic E-state index is -1.49. The van der Waals surface area contributed by atoms with Gasteiger partial charge in [-0.15, -0.1) is 0 Å². The van der Waals surface area contributed by atoms with Crippen LogP contribution in [-0.4, -0.2) is 94.0 Å². The van der Waals surface area contributed by atoms with Crippen LogP contribution in [0.3, 0.4) is 0 Å².